The maximum Gasteiger partial charge on any atom is 0.412 e. The van der Waals surface area contributed by atoms with Crippen LogP contribution in [0.25, 0.3) is 0 Å². The molecule has 1 N–H and O–H groups in total. The maximum absolute atomic E-state index is 11.6. The number of carbonyl (C=O) groups excluding carboxylic acids is 1. The van der Waals surface area contributed by atoms with Crippen molar-refractivity contribution in [3.8, 4) is 5.75 Å². The molecule has 0 fully saturated rings. The molecule has 0 atom stereocenters. The average Bonchev–Trinajstić information content (AvgIpc) is 2.15. The molecule has 0 spiro atoms. The Kier molecular flexibility index (Phi) is 4.41. The summed E-state index contributed by atoms with van der Waals surface area (Å²) in [7, 11) is -3.66. The topological polar surface area (TPSA) is 81.7 Å². The third-order valence-electron chi connectivity index (χ3n) is 1.76. The van der Waals surface area contributed by atoms with Gasteiger partial charge in [-0.1, -0.05) is 12.1 Å². The molecule has 0 aliphatic rings. The fourth-order valence-corrected chi connectivity index (χ4v) is 1.69. The molecule has 6 nitrogen and oxygen atoms in total. The van der Waals surface area contributed by atoms with Crippen LogP contribution < -0.4 is 9.50 Å². The molecule has 19 heavy (non-hydrogen) atoms. The first-order valence-corrected chi connectivity index (χ1v) is 7.37. The van der Waals surface area contributed by atoms with Crippen molar-refractivity contribution in [2.75, 3.05) is 11.6 Å². The van der Waals surface area contributed by atoms with Crippen LogP contribution in [-0.2, 0) is 14.9 Å². The van der Waals surface area contributed by atoms with Crippen LogP contribution >= 0.6 is 0 Å². The highest BCUT2D eigenvalue weighted by Crippen LogP contribution is 2.25. The molecule has 0 aliphatic heterocycles. The lowest BCUT2D eigenvalue weighted by molar-refractivity contribution is 0.0635. The number of para-hydroxylation sites is 2. The second-order valence-electron chi connectivity index (χ2n) is 4.91. The molecule has 1 amide bonds. The minimum Gasteiger partial charge on any atom is -0.444 e. The molecular weight excluding hydrogens is 270 g/mol. The molecule has 0 heterocycles. The number of rotatable bonds is 3. The van der Waals surface area contributed by atoms with E-state index in [0.717, 1.165) is 6.26 Å². The van der Waals surface area contributed by atoms with Crippen LogP contribution in [0.1, 0.15) is 20.8 Å². The molecule has 1 aromatic carbocycles. The van der Waals surface area contributed by atoms with E-state index in [1.807, 2.05) is 0 Å². The summed E-state index contributed by atoms with van der Waals surface area (Å²) < 4.78 is 32.0. The van der Waals surface area contributed by atoms with Gasteiger partial charge < -0.3 is 8.92 Å². The van der Waals surface area contributed by atoms with E-state index >= 15 is 0 Å². The summed E-state index contributed by atoms with van der Waals surface area (Å²) in [4.78, 5) is 11.6. The average molecular weight is 287 g/mol. The quantitative estimate of drug-likeness (QED) is 0.863. The normalized spacial score (nSPS) is 11.8. The molecule has 106 valence electrons. The van der Waals surface area contributed by atoms with Gasteiger partial charge in [0.1, 0.15) is 5.60 Å². The van der Waals surface area contributed by atoms with Crippen LogP contribution in [0, 0.1) is 0 Å². The predicted molar refractivity (Wildman–Crippen MR) is 71.8 cm³/mol. The van der Waals surface area contributed by atoms with Crippen LogP contribution in [-0.4, -0.2) is 26.4 Å². The van der Waals surface area contributed by atoms with Gasteiger partial charge in [-0.3, -0.25) is 5.32 Å². The molecule has 1 rings (SSSR count). The predicted octanol–water partition coefficient (Wildman–Crippen LogP) is 2.37. The summed E-state index contributed by atoms with van der Waals surface area (Å²) in [6.07, 6.45) is 0.245. The zero-order valence-corrected chi connectivity index (χ0v) is 12.1. The van der Waals surface area contributed by atoms with Crippen molar-refractivity contribution in [1.29, 1.82) is 0 Å². The number of carbonyl (C=O) groups is 1. The van der Waals surface area contributed by atoms with Crippen molar-refractivity contribution in [3.63, 3.8) is 0 Å². The first-order chi connectivity index (χ1) is 8.57. The number of ether oxygens (including phenoxy) is 1. The van der Waals surface area contributed by atoms with E-state index < -0.39 is 21.8 Å². The SMILES string of the molecule is CC(C)(C)OC(=O)Nc1ccccc1OS(C)(=O)=O. The molecule has 0 saturated heterocycles. The molecule has 7 heteroatoms. The van der Waals surface area contributed by atoms with Gasteiger partial charge in [-0.2, -0.15) is 8.42 Å². The van der Waals surface area contributed by atoms with Crippen LogP contribution in [0.3, 0.4) is 0 Å². The van der Waals surface area contributed by atoms with Crippen molar-refractivity contribution in [1.82, 2.24) is 0 Å². The lowest BCUT2D eigenvalue weighted by Crippen LogP contribution is -2.27. The number of benzene rings is 1. The molecule has 0 aliphatic carbocycles. The van der Waals surface area contributed by atoms with Crippen LogP contribution in [0.5, 0.6) is 5.75 Å². The number of nitrogens with one attached hydrogen (secondary N) is 1. The van der Waals surface area contributed by atoms with Gasteiger partial charge in [0.15, 0.2) is 5.75 Å². The Bertz CT molecular complexity index is 560. The smallest absolute Gasteiger partial charge is 0.412 e. The van der Waals surface area contributed by atoms with Crippen molar-refractivity contribution >= 4 is 21.9 Å². The zero-order chi connectivity index (χ0) is 14.7. The molecular formula is C12H17NO5S. The first-order valence-electron chi connectivity index (χ1n) is 5.55. The lowest BCUT2D eigenvalue weighted by Gasteiger charge is -2.20. The monoisotopic (exact) mass is 287 g/mol. The first kappa shape index (κ1) is 15.3. The van der Waals surface area contributed by atoms with Gasteiger partial charge in [-0.15, -0.1) is 0 Å². The molecule has 0 bridgehead atoms. The minimum atomic E-state index is -3.66. The van der Waals surface area contributed by atoms with E-state index in [9.17, 15) is 13.2 Å². The van der Waals surface area contributed by atoms with Gasteiger partial charge in [0.05, 0.1) is 11.9 Å². The van der Waals surface area contributed by atoms with E-state index in [1.54, 1.807) is 32.9 Å². The summed E-state index contributed by atoms with van der Waals surface area (Å²) in [6.45, 7) is 5.18. The summed E-state index contributed by atoms with van der Waals surface area (Å²) in [5.41, 5.74) is -0.418. The van der Waals surface area contributed by atoms with E-state index in [1.165, 1.54) is 12.1 Å². The van der Waals surface area contributed by atoms with E-state index in [4.69, 9.17) is 8.92 Å². The van der Waals surface area contributed by atoms with Gasteiger partial charge in [-0.25, -0.2) is 4.79 Å². The number of amides is 1. The molecule has 0 radical (unpaired) electrons. The van der Waals surface area contributed by atoms with Crippen LogP contribution in [0.2, 0.25) is 0 Å². The number of hydrogen-bond acceptors (Lipinski definition) is 5. The Morgan fingerprint density at radius 1 is 1.21 bits per heavy atom. The Labute approximate surface area is 112 Å². The van der Waals surface area contributed by atoms with Crippen molar-refractivity contribution in [3.05, 3.63) is 24.3 Å². The summed E-state index contributed by atoms with van der Waals surface area (Å²) in [5.74, 6) is 0.0378. The van der Waals surface area contributed by atoms with Crippen LogP contribution in [0.15, 0.2) is 24.3 Å². The fraction of sp³-hybridized carbons (Fsp3) is 0.417. The Hall–Kier alpha value is -1.76. The van der Waals surface area contributed by atoms with Gasteiger partial charge in [0.25, 0.3) is 0 Å². The summed E-state index contributed by atoms with van der Waals surface area (Å²) in [5, 5.41) is 2.44. The Morgan fingerprint density at radius 3 is 2.32 bits per heavy atom. The minimum absolute atomic E-state index is 0.0378. The largest absolute Gasteiger partial charge is 0.444 e. The Balaban J connectivity index is 2.87. The number of hydrogen-bond donors (Lipinski definition) is 1. The highest BCUT2D eigenvalue weighted by Gasteiger charge is 2.18. The highest BCUT2D eigenvalue weighted by atomic mass is 32.2. The van der Waals surface area contributed by atoms with Crippen molar-refractivity contribution < 1.29 is 22.1 Å². The highest BCUT2D eigenvalue weighted by molar-refractivity contribution is 7.86. The summed E-state index contributed by atoms with van der Waals surface area (Å²) >= 11 is 0. The molecule has 1 aromatic rings. The van der Waals surface area contributed by atoms with Crippen molar-refractivity contribution in [2.45, 2.75) is 26.4 Å². The molecule has 0 unspecified atom stereocenters. The van der Waals surface area contributed by atoms with Crippen LogP contribution in [0.4, 0.5) is 10.5 Å². The van der Waals surface area contributed by atoms with Crippen molar-refractivity contribution in [2.24, 2.45) is 0 Å². The third kappa shape index (κ3) is 6.10. The second-order valence-corrected chi connectivity index (χ2v) is 6.49. The van der Waals surface area contributed by atoms with Gasteiger partial charge in [0, 0.05) is 0 Å². The third-order valence-corrected chi connectivity index (χ3v) is 2.25. The van der Waals surface area contributed by atoms with E-state index in [-0.39, 0.29) is 11.4 Å². The van der Waals surface area contributed by atoms with E-state index in [0.29, 0.717) is 0 Å². The van der Waals surface area contributed by atoms with Gasteiger partial charge in [-0.05, 0) is 32.9 Å². The lowest BCUT2D eigenvalue weighted by atomic mass is 10.2. The molecule has 0 aromatic heterocycles. The Morgan fingerprint density at radius 2 is 1.79 bits per heavy atom. The molecule has 0 saturated carbocycles. The van der Waals surface area contributed by atoms with Gasteiger partial charge in [0.2, 0.25) is 0 Å². The second kappa shape index (κ2) is 5.48. The summed E-state index contributed by atoms with van der Waals surface area (Å²) in [6, 6.07) is 6.20. The standard InChI is InChI=1S/C12H17NO5S/c1-12(2,3)17-11(14)13-9-7-5-6-8-10(9)18-19(4,15)16/h5-8H,1-4H3,(H,13,14). The van der Waals surface area contributed by atoms with Gasteiger partial charge >= 0.3 is 16.2 Å². The maximum atomic E-state index is 11.6. The number of anilines is 1. The fourth-order valence-electron chi connectivity index (χ4n) is 1.22. The van der Waals surface area contributed by atoms with E-state index in [2.05, 4.69) is 5.32 Å². The zero-order valence-electron chi connectivity index (χ0n) is 11.3.